The van der Waals surface area contributed by atoms with Crippen LogP contribution in [0, 0.1) is 0 Å². The van der Waals surface area contributed by atoms with E-state index in [2.05, 4.69) is 27.9 Å². The highest BCUT2D eigenvalue weighted by Gasteiger charge is 2.13. The van der Waals surface area contributed by atoms with Gasteiger partial charge in [0.05, 0.1) is 11.9 Å². The molecule has 4 heteroatoms. The van der Waals surface area contributed by atoms with Gasteiger partial charge >= 0.3 is 0 Å². The molecule has 1 atom stereocenters. The standard InChI is InChI=1S/C14H16ClN3/c1-2-4-11(12-5-3-6-16-8-12)7-13-9-17-10-14(15)18-13/h3,5-6,8-11H,2,4,7H2,1H3/t11-/m1/s1. The zero-order valence-corrected chi connectivity index (χ0v) is 11.1. The van der Waals surface area contributed by atoms with Crippen LogP contribution in [0.1, 0.15) is 36.9 Å². The minimum Gasteiger partial charge on any atom is -0.264 e. The van der Waals surface area contributed by atoms with E-state index in [-0.39, 0.29) is 0 Å². The third-order valence-corrected chi connectivity index (χ3v) is 3.09. The first-order valence-corrected chi connectivity index (χ1v) is 6.53. The van der Waals surface area contributed by atoms with E-state index in [4.69, 9.17) is 11.6 Å². The van der Waals surface area contributed by atoms with Gasteiger partial charge in [-0.2, -0.15) is 0 Å². The van der Waals surface area contributed by atoms with Crippen LogP contribution in [-0.2, 0) is 6.42 Å². The maximum absolute atomic E-state index is 5.87. The second kappa shape index (κ2) is 6.45. The van der Waals surface area contributed by atoms with Crippen LogP contribution in [0.4, 0.5) is 0 Å². The van der Waals surface area contributed by atoms with E-state index in [1.807, 2.05) is 12.3 Å². The highest BCUT2D eigenvalue weighted by atomic mass is 35.5. The molecule has 0 saturated carbocycles. The molecule has 0 N–H and O–H groups in total. The van der Waals surface area contributed by atoms with Crippen molar-refractivity contribution in [1.82, 2.24) is 15.0 Å². The zero-order chi connectivity index (χ0) is 12.8. The van der Waals surface area contributed by atoms with Crippen LogP contribution in [0.2, 0.25) is 5.15 Å². The van der Waals surface area contributed by atoms with Crippen LogP contribution in [0.3, 0.4) is 0 Å². The fourth-order valence-corrected chi connectivity index (χ4v) is 2.25. The molecule has 0 aliphatic heterocycles. The quantitative estimate of drug-likeness (QED) is 0.825. The minimum absolute atomic E-state index is 0.427. The van der Waals surface area contributed by atoms with E-state index in [9.17, 15) is 0 Å². The van der Waals surface area contributed by atoms with E-state index in [0.29, 0.717) is 11.1 Å². The van der Waals surface area contributed by atoms with Gasteiger partial charge in [0, 0.05) is 18.6 Å². The van der Waals surface area contributed by atoms with Crippen LogP contribution >= 0.6 is 11.6 Å². The summed E-state index contributed by atoms with van der Waals surface area (Å²) in [5.41, 5.74) is 2.19. The maximum Gasteiger partial charge on any atom is 0.147 e. The second-order valence-electron chi connectivity index (χ2n) is 4.31. The lowest BCUT2D eigenvalue weighted by molar-refractivity contribution is 0.599. The molecule has 2 heterocycles. The number of hydrogen-bond acceptors (Lipinski definition) is 3. The molecule has 94 valence electrons. The van der Waals surface area contributed by atoms with E-state index in [0.717, 1.165) is 25.0 Å². The largest absolute Gasteiger partial charge is 0.264 e. The van der Waals surface area contributed by atoms with Crippen molar-refractivity contribution in [3.05, 3.63) is 53.3 Å². The Morgan fingerprint density at radius 1 is 1.22 bits per heavy atom. The number of halogens is 1. The molecule has 0 saturated heterocycles. The predicted octanol–water partition coefficient (Wildman–Crippen LogP) is 3.65. The van der Waals surface area contributed by atoms with Gasteiger partial charge in [-0.15, -0.1) is 0 Å². The Kier molecular flexibility index (Phi) is 4.65. The Hall–Kier alpha value is -1.48. The van der Waals surface area contributed by atoms with E-state index in [1.165, 1.54) is 5.56 Å². The Morgan fingerprint density at radius 2 is 2.11 bits per heavy atom. The van der Waals surface area contributed by atoms with Crippen LogP contribution in [0.15, 0.2) is 36.9 Å². The molecule has 0 amide bonds. The van der Waals surface area contributed by atoms with Crippen molar-refractivity contribution in [2.75, 3.05) is 0 Å². The summed E-state index contributed by atoms with van der Waals surface area (Å²) < 4.78 is 0. The first-order chi connectivity index (χ1) is 8.79. The summed E-state index contributed by atoms with van der Waals surface area (Å²) in [4.78, 5) is 12.6. The molecule has 0 radical (unpaired) electrons. The lowest BCUT2D eigenvalue weighted by Crippen LogP contribution is -2.05. The van der Waals surface area contributed by atoms with Crippen molar-refractivity contribution in [3.63, 3.8) is 0 Å². The predicted molar refractivity (Wildman–Crippen MR) is 72.6 cm³/mol. The maximum atomic E-state index is 5.87. The summed E-state index contributed by atoms with van der Waals surface area (Å²) in [6.07, 6.45) is 10.2. The lowest BCUT2D eigenvalue weighted by Gasteiger charge is -2.15. The molecule has 0 fully saturated rings. The van der Waals surface area contributed by atoms with E-state index in [1.54, 1.807) is 18.6 Å². The molecule has 18 heavy (non-hydrogen) atoms. The molecule has 0 spiro atoms. The third-order valence-electron chi connectivity index (χ3n) is 2.90. The first kappa shape index (κ1) is 13.0. The Labute approximate surface area is 112 Å². The fourth-order valence-electron chi connectivity index (χ4n) is 2.08. The van der Waals surface area contributed by atoms with E-state index < -0.39 is 0 Å². The van der Waals surface area contributed by atoms with Crippen LogP contribution in [0.25, 0.3) is 0 Å². The van der Waals surface area contributed by atoms with Gasteiger partial charge in [-0.1, -0.05) is 31.0 Å². The van der Waals surface area contributed by atoms with Gasteiger partial charge in [0.1, 0.15) is 5.15 Å². The number of aromatic nitrogens is 3. The van der Waals surface area contributed by atoms with Crippen molar-refractivity contribution < 1.29 is 0 Å². The number of pyridine rings is 1. The van der Waals surface area contributed by atoms with Crippen molar-refractivity contribution in [2.24, 2.45) is 0 Å². The molecule has 0 aliphatic carbocycles. The molecule has 2 rings (SSSR count). The van der Waals surface area contributed by atoms with Crippen LogP contribution in [0.5, 0.6) is 0 Å². The van der Waals surface area contributed by atoms with Gasteiger partial charge in [-0.3, -0.25) is 9.97 Å². The molecule has 3 nitrogen and oxygen atoms in total. The van der Waals surface area contributed by atoms with Crippen molar-refractivity contribution >= 4 is 11.6 Å². The molecule has 0 aliphatic rings. The molecule has 2 aromatic heterocycles. The summed E-state index contributed by atoms with van der Waals surface area (Å²) in [6.45, 7) is 2.19. The van der Waals surface area contributed by atoms with Gasteiger partial charge in [-0.05, 0) is 30.4 Å². The number of nitrogens with zero attached hydrogens (tertiary/aromatic N) is 3. The summed E-state index contributed by atoms with van der Waals surface area (Å²) in [5, 5.41) is 0.453. The molecule has 2 aromatic rings. The number of hydrogen-bond donors (Lipinski definition) is 0. The van der Waals surface area contributed by atoms with Crippen molar-refractivity contribution in [1.29, 1.82) is 0 Å². The molecular weight excluding hydrogens is 246 g/mol. The summed E-state index contributed by atoms with van der Waals surface area (Å²) >= 11 is 5.87. The monoisotopic (exact) mass is 261 g/mol. The zero-order valence-electron chi connectivity index (χ0n) is 10.4. The summed E-state index contributed by atoms with van der Waals surface area (Å²) in [7, 11) is 0. The third kappa shape index (κ3) is 3.50. The highest BCUT2D eigenvalue weighted by Crippen LogP contribution is 2.24. The van der Waals surface area contributed by atoms with E-state index >= 15 is 0 Å². The molecular formula is C14H16ClN3. The van der Waals surface area contributed by atoms with Gasteiger partial charge in [0.15, 0.2) is 0 Å². The lowest BCUT2D eigenvalue weighted by atomic mass is 9.91. The average molecular weight is 262 g/mol. The topological polar surface area (TPSA) is 38.7 Å². The fraction of sp³-hybridized carbons (Fsp3) is 0.357. The molecule has 0 bridgehead atoms. The van der Waals surface area contributed by atoms with Gasteiger partial charge in [0.25, 0.3) is 0 Å². The molecule has 0 aromatic carbocycles. The highest BCUT2D eigenvalue weighted by molar-refractivity contribution is 6.29. The first-order valence-electron chi connectivity index (χ1n) is 6.16. The average Bonchev–Trinajstić information content (AvgIpc) is 2.39. The molecule has 0 unspecified atom stereocenters. The van der Waals surface area contributed by atoms with Crippen molar-refractivity contribution in [3.8, 4) is 0 Å². The van der Waals surface area contributed by atoms with Gasteiger partial charge in [0.2, 0.25) is 0 Å². The van der Waals surface area contributed by atoms with Gasteiger partial charge < -0.3 is 0 Å². The van der Waals surface area contributed by atoms with Crippen molar-refractivity contribution in [2.45, 2.75) is 32.1 Å². The minimum atomic E-state index is 0.427. The normalized spacial score (nSPS) is 12.3. The van der Waals surface area contributed by atoms with Crippen LogP contribution < -0.4 is 0 Å². The van der Waals surface area contributed by atoms with Gasteiger partial charge in [-0.25, -0.2) is 4.98 Å². The SMILES string of the molecule is CCC[C@H](Cc1cncc(Cl)n1)c1cccnc1. The van der Waals surface area contributed by atoms with Crippen LogP contribution in [-0.4, -0.2) is 15.0 Å². The second-order valence-corrected chi connectivity index (χ2v) is 4.70. The summed E-state index contributed by atoms with van der Waals surface area (Å²) in [5.74, 6) is 0.427. The smallest absolute Gasteiger partial charge is 0.147 e. The number of rotatable bonds is 5. The Bertz CT molecular complexity index is 487. The Balaban J connectivity index is 2.16. The summed E-state index contributed by atoms with van der Waals surface area (Å²) in [6, 6.07) is 4.09. The Morgan fingerprint density at radius 3 is 2.78 bits per heavy atom.